The molecule has 124 valence electrons. The van der Waals surface area contributed by atoms with Crippen molar-refractivity contribution >= 4 is 29.6 Å². The zero-order valence-corrected chi connectivity index (χ0v) is 13.8. The molecule has 7 heteroatoms. The van der Waals surface area contributed by atoms with Crippen molar-refractivity contribution in [1.29, 1.82) is 0 Å². The van der Waals surface area contributed by atoms with E-state index in [2.05, 4.69) is 10.1 Å². The van der Waals surface area contributed by atoms with Crippen LogP contribution in [0.15, 0.2) is 41.8 Å². The lowest BCUT2D eigenvalue weighted by molar-refractivity contribution is -0.143. The molecule has 1 atom stereocenters. The minimum Gasteiger partial charge on any atom is -0.467 e. The fourth-order valence-electron chi connectivity index (χ4n) is 1.65. The Morgan fingerprint density at radius 3 is 2.48 bits per heavy atom. The number of benzene rings is 1. The van der Waals surface area contributed by atoms with Gasteiger partial charge in [-0.05, 0) is 29.7 Å². The lowest BCUT2D eigenvalue weighted by Gasteiger charge is -2.16. The summed E-state index contributed by atoms with van der Waals surface area (Å²) in [5.74, 6) is -0.759. The van der Waals surface area contributed by atoms with Crippen molar-refractivity contribution < 1.29 is 23.9 Å². The van der Waals surface area contributed by atoms with Gasteiger partial charge in [-0.15, -0.1) is 11.8 Å². The molecule has 0 bridgehead atoms. The molecule has 0 fully saturated rings. The summed E-state index contributed by atoms with van der Waals surface area (Å²) < 4.78 is 9.17. The van der Waals surface area contributed by atoms with Gasteiger partial charge in [0.15, 0.2) is 0 Å². The maximum absolute atomic E-state index is 12.1. The molecule has 1 aromatic carbocycles. The number of hydrogen-bond donors (Lipinski definition) is 1. The van der Waals surface area contributed by atoms with Crippen LogP contribution in [0, 0.1) is 0 Å². The van der Waals surface area contributed by atoms with Gasteiger partial charge in [-0.2, -0.15) is 0 Å². The third kappa shape index (κ3) is 7.01. The van der Waals surface area contributed by atoms with Crippen LogP contribution in [-0.2, 0) is 19.1 Å². The number of nitrogens with one attached hydrogen (secondary N) is 1. The molecule has 0 aliphatic heterocycles. The zero-order chi connectivity index (χ0) is 17.1. The highest BCUT2D eigenvalue weighted by Gasteiger charge is 2.21. The van der Waals surface area contributed by atoms with Crippen LogP contribution in [0.25, 0.3) is 0 Å². The molecule has 0 unspecified atom stereocenters. The lowest BCUT2D eigenvalue weighted by atomic mass is 10.1. The summed E-state index contributed by atoms with van der Waals surface area (Å²) >= 11 is 1.34. The van der Waals surface area contributed by atoms with Crippen LogP contribution in [0.4, 0.5) is 0 Å². The van der Waals surface area contributed by atoms with E-state index in [1.54, 1.807) is 35.7 Å². The van der Waals surface area contributed by atoms with E-state index in [9.17, 15) is 14.4 Å². The third-order valence-electron chi connectivity index (χ3n) is 2.85. The zero-order valence-electron chi connectivity index (χ0n) is 13.0. The van der Waals surface area contributed by atoms with Crippen molar-refractivity contribution in [3.05, 3.63) is 47.4 Å². The first kappa shape index (κ1) is 18.8. The molecule has 0 aliphatic rings. The second-order valence-electron chi connectivity index (χ2n) is 4.40. The van der Waals surface area contributed by atoms with E-state index < -0.39 is 18.0 Å². The number of hydrogen-bond acceptors (Lipinski definition) is 6. The minimum absolute atomic E-state index is 0.337. The van der Waals surface area contributed by atoms with E-state index in [-0.39, 0.29) is 5.91 Å². The largest absolute Gasteiger partial charge is 0.467 e. The summed E-state index contributed by atoms with van der Waals surface area (Å²) in [4.78, 5) is 34.8. The molecule has 1 N–H and O–H groups in total. The van der Waals surface area contributed by atoms with Crippen molar-refractivity contribution in [2.45, 2.75) is 12.5 Å². The summed E-state index contributed by atoms with van der Waals surface area (Å²) in [7, 11) is 2.57. The Bertz CT molecular complexity index is 559. The first-order valence-electron chi connectivity index (χ1n) is 6.88. The van der Waals surface area contributed by atoms with E-state index in [1.165, 1.54) is 32.1 Å². The minimum atomic E-state index is -0.744. The number of methoxy groups -OCH3 is 2. The van der Waals surface area contributed by atoms with Crippen LogP contribution in [0.1, 0.15) is 16.8 Å². The molecule has 0 saturated heterocycles. The smallest absolute Gasteiger partial charge is 0.330 e. The fourth-order valence-corrected chi connectivity index (χ4v) is 2.36. The monoisotopic (exact) mass is 337 g/mol. The van der Waals surface area contributed by atoms with E-state index in [0.29, 0.717) is 17.7 Å². The van der Waals surface area contributed by atoms with Crippen molar-refractivity contribution in [3.63, 3.8) is 0 Å². The van der Waals surface area contributed by atoms with Crippen molar-refractivity contribution in [2.24, 2.45) is 0 Å². The molecule has 1 amide bonds. The number of rotatable bonds is 8. The lowest BCUT2D eigenvalue weighted by Crippen LogP contribution is -2.41. The molecule has 6 nitrogen and oxygen atoms in total. The van der Waals surface area contributed by atoms with Crippen LogP contribution in [0.3, 0.4) is 0 Å². The SMILES string of the molecule is COC(=O)/C=C\SCC[C@H](NC(=O)c1ccccc1)C(=O)OC. The van der Waals surface area contributed by atoms with Crippen LogP contribution in [0.2, 0.25) is 0 Å². The van der Waals surface area contributed by atoms with Gasteiger partial charge in [0.05, 0.1) is 14.2 Å². The quantitative estimate of drug-likeness (QED) is 0.442. The van der Waals surface area contributed by atoms with Crippen LogP contribution < -0.4 is 5.32 Å². The van der Waals surface area contributed by atoms with Crippen molar-refractivity contribution in [1.82, 2.24) is 5.32 Å². The van der Waals surface area contributed by atoms with Gasteiger partial charge in [0, 0.05) is 11.6 Å². The van der Waals surface area contributed by atoms with Crippen LogP contribution in [-0.4, -0.2) is 43.9 Å². The Kier molecular flexibility index (Phi) is 8.52. The Labute approximate surface area is 139 Å². The van der Waals surface area contributed by atoms with Gasteiger partial charge in [-0.3, -0.25) is 4.79 Å². The normalized spacial score (nSPS) is 11.7. The molecule has 0 spiro atoms. The summed E-state index contributed by atoms with van der Waals surface area (Å²) in [6.45, 7) is 0. The summed E-state index contributed by atoms with van der Waals surface area (Å²) in [6, 6.07) is 7.88. The van der Waals surface area contributed by atoms with Gasteiger partial charge < -0.3 is 14.8 Å². The average molecular weight is 337 g/mol. The van der Waals surface area contributed by atoms with E-state index in [4.69, 9.17) is 4.74 Å². The summed E-state index contributed by atoms with van der Waals surface area (Å²) in [5, 5.41) is 4.23. The second kappa shape index (κ2) is 10.4. The molecule has 0 radical (unpaired) electrons. The van der Waals surface area contributed by atoms with Crippen molar-refractivity contribution in [3.8, 4) is 0 Å². The molecule has 0 aromatic heterocycles. The third-order valence-corrected chi connectivity index (χ3v) is 3.65. The predicted octanol–water partition coefficient (Wildman–Crippen LogP) is 1.77. The first-order chi connectivity index (χ1) is 11.1. The Morgan fingerprint density at radius 2 is 1.87 bits per heavy atom. The Balaban J connectivity index is 2.53. The molecule has 1 rings (SSSR count). The molecule has 0 aliphatic carbocycles. The fraction of sp³-hybridized carbons (Fsp3) is 0.312. The molecule has 23 heavy (non-hydrogen) atoms. The standard InChI is InChI=1S/C16H19NO5S/c1-21-14(18)9-11-23-10-8-13(16(20)22-2)17-15(19)12-6-4-3-5-7-12/h3-7,9,11,13H,8,10H2,1-2H3,(H,17,19)/b11-9-/t13-/m0/s1. The number of thioether (sulfide) groups is 1. The van der Waals surface area contributed by atoms with Crippen LogP contribution in [0.5, 0.6) is 0 Å². The molecule has 0 heterocycles. The Hall–Kier alpha value is -2.28. The van der Waals surface area contributed by atoms with E-state index in [0.717, 1.165) is 0 Å². The van der Waals surface area contributed by atoms with E-state index >= 15 is 0 Å². The number of carbonyl (C=O) groups excluding carboxylic acids is 3. The summed E-state index contributed by atoms with van der Waals surface area (Å²) in [6.07, 6.45) is 1.67. The highest BCUT2D eigenvalue weighted by Crippen LogP contribution is 2.09. The average Bonchev–Trinajstić information content (AvgIpc) is 2.59. The predicted molar refractivity (Wildman–Crippen MR) is 87.9 cm³/mol. The maximum Gasteiger partial charge on any atom is 0.330 e. The van der Waals surface area contributed by atoms with E-state index in [1.807, 2.05) is 0 Å². The number of carbonyl (C=O) groups is 3. The van der Waals surface area contributed by atoms with Crippen LogP contribution >= 0.6 is 11.8 Å². The molecular formula is C16H19NO5S. The molecular weight excluding hydrogens is 318 g/mol. The Morgan fingerprint density at radius 1 is 1.17 bits per heavy atom. The highest BCUT2D eigenvalue weighted by atomic mass is 32.2. The topological polar surface area (TPSA) is 81.7 Å². The first-order valence-corrected chi connectivity index (χ1v) is 7.93. The molecule has 1 aromatic rings. The number of esters is 2. The number of ether oxygens (including phenoxy) is 2. The van der Waals surface area contributed by atoms with Gasteiger partial charge >= 0.3 is 11.9 Å². The van der Waals surface area contributed by atoms with Gasteiger partial charge in [-0.25, -0.2) is 9.59 Å². The van der Waals surface area contributed by atoms with Gasteiger partial charge in [0.1, 0.15) is 6.04 Å². The second-order valence-corrected chi connectivity index (χ2v) is 5.41. The van der Waals surface area contributed by atoms with Gasteiger partial charge in [-0.1, -0.05) is 18.2 Å². The van der Waals surface area contributed by atoms with Gasteiger partial charge in [0.25, 0.3) is 5.91 Å². The highest BCUT2D eigenvalue weighted by molar-refractivity contribution is 8.02. The summed E-state index contributed by atoms with van der Waals surface area (Å²) in [5.41, 5.74) is 0.472. The molecule has 0 saturated carbocycles. The maximum atomic E-state index is 12.1. The van der Waals surface area contributed by atoms with Crippen molar-refractivity contribution in [2.75, 3.05) is 20.0 Å². The van der Waals surface area contributed by atoms with Gasteiger partial charge in [0.2, 0.25) is 0 Å². The number of amides is 1.